The zero-order chi connectivity index (χ0) is 16.5. The van der Waals surface area contributed by atoms with Gasteiger partial charge >= 0.3 is 11.9 Å². The van der Waals surface area contributed by atoms with Crippen molar-refractivity contribution >= 4 is 11.7 Å². The van der Waals surface area contributed by atoms with Crippen LogP contribution in [0.2, 0.25) is 0 Å². The first kappa shape index (κ1) is 16.6. The van der Waals surface area contributed by atoms with E-state index < -0.39 is 43.0 Å². The lowest BCUT2D eigenvalue weighted by atomic mass is 9.98. The standard InChI is InChI=1S/C13H17NO8/c14-7-4-2-1-3-6(7)12(19)22-13(20)11(18)10(17)9(16)8(5-15)21-13/h1-4,8-11,15-18,20H,5,14H2/t8-,9-,10+,11-,13?/m1/s1. The zero-order valence-corrected chi connectivity index (χ0v) is 11.4. The number of esters is 1. The fraction of sp³-hybridized carbons (Fsp3) is 0.462. The van der Waals surface area contributed by atoms with Crippen LogP contribution >= 0.6 is 0 Å². The summed E-state index contributed by atoms with van der Waals surface area (Å²) in [5, 5.41) is 48.2. The van der Waals surface area contributed by atoms with Crippen LogP contribution in [-0.4, -0.2) is 68.5 Å². The number of benzene rings is 1. The first-order valence-electron chi connectivity index (χ1n) is 6.43. The van der Waals surface area contributed by atoms with Gasteiger partial charge in [-0.05, 0) is 12.1 Å². The Hall–Kier alpha value is -1.75. The molecule has 1 aromatic carbocycles. The van der Waals surface area contributed by atoms with Crippen LogP contribution in [0.1, 0.15) is 10.4 Å². The topological polar surface area (TPSA) is 163 Å². The van der Waals surface area contributed by atoms with E-state index in [1.807, 2.05) is 0 Å². The molecule has 0 aromatic heterocycles. The minimum atomic E-state index is -2.94. The van der Waals surface area contributed by atoms with Gasteiger partial charge in [0.05, 0.1) is 12.2 Å². The van der Waals surface area contributed by atoms with Crippen molar-refractivity contribution in [1.29, 1.82) is 0 Å². The van der Waals surface area contributed by atoms with Gasteiger partial charge in [-0.25, -0.2) is 4.79 Å². The van der Waals surface area contributed by atoms with E-state index >= 15 is 0 Å². The summed E-state index contributed by atoms with van der Waals surface area (Å²) in [5.41, 5.74) is 5.57. The number of carbonyl (C=O) groups is 1. The van der Waals surface area contributed by atoms with Gasteiger partial charge in [-0.3, -0.25) is 0 Å². The average molecular weight is 315 g/mol. The first-order chi connectivity index (χ1) is 10.3. The van der Waals surface area contributed by atoms with E-state index in [0.29, 0.717) is 0 Å². The molecule has 122 valence electrons. The van der Waals surface area contributed by atoms with Crippen LogP contribution in [0.15, 0.2) is 24.3 Å². The van der Waals surface area contributed by atoms with E-state index in [1.54, 1.807) is 6.07 Å². The Morgan fingerprint density at radius 2 is 1.91 bits per heavy atom. The molecule has 0 spiro atoms. The number of carbonyl (C=O) groups excluding carboxylic acids is 1. The third-order valence-electron chi connectivity index (χ3n) is 3.35. The quantitative estimate of drug-likeness (QED) is 0.202. The second kappa shape index (κ2) is 6.16. The second-order valence-electron chi connectivity index (χ2n) is 4.87. The van der Waals surface area contributed by atoms with Crippen LogP contribution in [0.4, 0.5) is 5.69 Å². The maximum absolute atomic E-state index is 12.0. The third kappa shape index (κ3) is 2.90. The normalized spacial score (nSPS) is 35.1. The van der Waals surface area contributed by atoms with Crippen molar-refractivity contribution in [3.63, 3.8) is 0 Å². The summed E-state index contributed by atoms with van der Waals surface area (Å²) in [5.74, 6) is -4.05. The molecular weight excluding hydrogens is 298 g/mol. The molecule has 22 heavy (non-hydrogen) atoms. The number of aliphatic hydroxyl groups is 5. The molecule has 1 aliphatic heterocycles. The molecule has 1 unspecified atom stereocenters. The Kier molecular flexibility index (Phi) is 4.66. The average Bonchev–Trinajstić information content (AvgIpc) is 2.49. The Balaban J connectivity index is 2.23. The minimum Gasteiger partial charge on any atom is -0.402 e. The van der Waals surface area contributed by atoms with E-state index in [-0.39, 0.29) is 11.3 Å². The number of anilines is 1. The predicted molar refractivity (Wildman–Crippen MR) is 71.2 cm³/mol. The number of hydrogen-bond donors (Lipinski definition) is 6. The van der Waals surface area contributed by atoms with Crippen molar-refractivity contribution < 1.29 is 39.8 Å². The lowest BCUT2D eigenvalue weighted by Crippen LogP contribution is -2.66. The summed E-state index contributed by atoms with van der Waals surface area (Å²) in [4.78, 5) is 12.0. The molecule has 5 atom stereocenters. The monoisotopic (exact) mass is 315 g/mol. The molecule has 1 saturated heterocycles. The summed E-state index contributed by atoms with van der Waals surface area (Å²) in [7, 11) is 0. The molecule has 9 heteroatoms. The number of hydrogen-bond acceptors (Lipinski definition) is 9. The Labute approximate surface area is 125 Å². The number of rotatable bonds is 3. The molecule has 9 nitrogen and oxygen atoms in total. The van der Waals surface area contributed by atoms with E-state index in [0.717, 1.165) is 0 Å². The Bertz CT molecular complexity index is 551. The van der Waals surface area contributed by atoms with E-state index in [2.05, 4.69) is 0 Å². The molecule has 0 saturated carbocycles. The van der Waals surface area contributed by atoms with Gasteiger partial charge in [0.2, 0.25) is 0 Å². The van der Waals surface area contributed by atoms with Crippen LogP contribution < -0.4 is 5.73 Å². The first-order valence-corrected chi connectivity index (χ1v) is 6.43. The highest BCUT2D eigenvalue weighted by molar-refractivity contribution is 5.95. The molecule has 0 bridgehead atoms. The van der Waals surface area contributed by atoms with E-state index in [4.69, 9.17) is 20.3 Å². The zero-order valence-electron chi connectivity index (χ0n) is 11.4. The van der Waals surface area contributed by atoms with Gasteiger partial charge in [0.1, 0.15) is 18.3 Å². The maximum atomic E-state index is 12.0. The molecule has 0 amide bonds. The Morgan fingerprint density at radius 1 is 1.27 bits per heavy atom. The molecule has 7 N–H and O–H groups in total. The third-order valence-corrected chi connectivity index (χ3v) is 3.35. The molecule has 0 aliphatic carbocycles. The molecule has 0 radical (unpaired) electrons. The van der Waals surface area contributed by atoms with Crippen molar-refractivity contribution in [3.05, 3.63) is 29.8 Å². The SMILES string of the molecule is Nc1ccccc1C(=O)OC1(O)O[C@H](CO)[C@@H](O)[C@H](O)[C@H]1O. The maximum Gasteiger partial charge on any atom is 0.357 e. The van der Waals surface area contributed by atoms with Crippen LogP contribution in [-0.2, 0) is 9.47 Å². The van der Waals surface area contributed by atoms with Crippen LogP contribution in [0.3, 0.4) is 0 Å². The number of nitrogens with two attached hydrogens (primary N) is 1. The van der Waals surface area contributed by atoms with Gasteiger partial charge in [0.15, 0.2) is 6.10 Å². The smallest absolute Gasteiger partial charge is 0.357 e. The number of ether oxygens (including phenoxy) is 2. The Morgan fingerprint density at radius 3 is 2.50 bits per heavy atom. The summed E-state index contributed by atoms with van der Waals surface area (Å²) in [6.45, 7) is -0.779. The highest BCUT2D eigenvalue weighted by Crippen LogP contribution is 2.30. The van der Waals surface area contributed by atoms with Crippen molar-refractivity contribution in [3.8, 4) is 0 Å². The molecule has 1 aliphatic rings. The van der Waals surface area contributed by atoms with Crippen molar-refractivity contribution in [2.45, 2.75) is 30.4 Å². The van der Waals surface area contributed by atoms with E-state index in [9.17, 15) is 25.2 Å². The number of para-hydroxylation sites is 1. The molecular formula is C13H17NO8. The van der Waals surface area contributed by atoms with Crippen LogP contribution in [0.5, 0.6) is 0 Å². The van der Waals surface area contributed by atoms with Crippen molar-refractivity contribution in [2.75, 3.05) is 12.3 Å². The van der Waals surface area contributed by atoms with Gasteiger partial charge in [0, 0.05) is 5.69 Å². The minimum absolute atomic E-state index is 0.0701. The fourth-order valence-electron chi connectivity index (χ4n) is 2.08. The van der Waals surface area contributed by atoms with Crippen molar-refractivity contribution in [1.82, 2.24) is 0 Å². The summed E-state index contributed by atoms with van der Waals surface area (Å²) < 4.78 is 9.50. The summed E-state index contributed by atoms with van der Waals surface area (Å²) >= 11 is 0. The fourth-order valence-corrected chi connectivity index (χ4v) is 2.08. The lowest BCUT2D eigenvalue weighted by Gasteiger charge is -2.43. The molecule has 1 aromatic rings. The molecule has 2 rings (SSSR count). The second-order valence-corrected chi connectivity index (χ2v) is 4.87. The van der Waals surface area contributed by atoms with Gasteiger partial charge in [0.25, 0.3) is 0 Å². The lowest BCUT2D eigenvalue weighted by molar-refractivity contribution is -0.430. The van der Waals surface area contributed by atoms with Gasteiger partial charge < -0.3 is 40.7 Å². The highest BCUT2D eigenvalue weighted by atomic mass is 16.8. The van der Waals surface area contributed by atoms with Crippen LogP contribution in [0.25, 0.3) is 0 Å². The number of aliphatic hydroxyl groups excluding tert-OH is 4. The van der Waals surface area contributed by atoms with Crippen LogP contribution in [0, 0.1) is 0 Å². The predicted octanol–water partition coefficient (Wildman–Crippen LogP) is -2.45. The molecule has 1 fully saturated rings. The van der Waals surface area contributed by atoms with E-state index in [1.165, 1.54) is 18.2 Å². The van der Waals surface area contributed by atoms with Gasteiger partial charge in [-0.1, -0.05) is 12.1 Å². The van der Waals surface area contributed by atoms with Gasteiger partial charge in [-0.2, -0.15) is 0 Å². The summed E-state index contributed by atoms with van der Waals surface area (Å²) in [6.07, 6.45) is -7.15. The van der Waals surface area contributed by atoms with Gasteiger partial charge in [-0.15, -0.1) is 0 Å². The highest BCUT2D eigenvalue weighted by Gasteiger charge is 2.56. The van der Waals surface area contributed by atoms with Crippen molar-refractivity contribution in [2.24, 2.45) is 0 Å². The summed E-state index contributed by atoms with van der Waals surface area (Å²) in [6, 6.07) is 5.83. The molecule has 1 heterocycles. The number of nitrogen functional groups attached to an aromatic ring is 1. The largest absolute Gasteiger partial charge is 0.402 e.